The number of aromatic nitrogens is 2. The van der Waals surface area contributed by atoms with Crippen molar-refractivity contribution in [2.24, 2.45) is 0 Å². The van der Waals surface area contributed by atoms with Crippen molar-refractivity contribution in [2.75, 3.05) is 43.9 Å². The van der Waals surface area contributed by atoms with Gasteiger partial charge in [0.15, 0.2) is 0 Å². The van der Waals surface area contributed by atoms with Crippen molar-refractivity contribution in [2.45, 2.75) is 4.90 Å². The van der Waals surface area contributed by atoms with E-state index in [9.17, 15) is 27.3 Å². The Hall–Kier alpha value is -5.65. The van der Waals surface area contributed by atoms with Gasteiger partial charge in [0.05, 0.1) is 31.4 Å². The van der Waals surface area contributed by atoms with E-state index < -0.39 is 26.6 Å². The number of ether oxygens (including phenoxy) is 2. The van der Waals surface area contributed by atoms with E-state index in [2.05, 4.69) is 20.8 Å². The van der Waals surface area contributed by atoms with Gasteiger partial charge in [0.1, 0.15) is 34.1 Å². The average molecular weight is 657 g/mol. The Labute approximate surface area is 268 Å². The lowest BCUT2D eigenvalue weighted by Gasteiger charge is -2.26. The first kappa shape index (κ1) is 31.3. The van der Waals surface area contributed by atoms with Gasteiger partial charge < -0.3 is 20.1 Å². The molecule has 14 heteroatoms. The lowest BCUT2D eigenvalue weighted by molar-refractivity contribution is 0.0303. The largest absolute Gasteiger partial charge is 0.480 e. The van der Waals surface area contributed by atoms with Gasteiger partial charge in [-0.3, -0.25) is 9.52 Å². The van der Waals surface area contributed by atoms with Gasteiger partial charge >= 0.3 is 0 Å². The van der Waals surface area contributed by atoms with E-state index >= 15 is 0 Å². The zero-order valence-electron chi connectivity index (χ0n) is 24.8. The summed E-state index contributed by atoms with van der Waals surface area (Å²) in [6, 6.07) is 17.6. The number of amides is 1. The number of nitrogens with two attached hydrogens (primary N) is 1. The lowest BCUT2D eigenvalue weighted by Crippen LogP contribution is -2.40. The third-order valence-electron chi connectivity index (χ3n) is 7.65. The third-order valence-corrected chi connectivity index (χ3v) is 9.05. The predicted molar refractivity (Wildman–Crippen MR) is 170 cm³/mol. The molecular weight excluding hydrogens is 630 g/mol. The number of morpholine rings is 1. The number of hydrogen-bond acceptors (Lipinski definition) is 9. The summed E-state index contributed by atoms with van der Waals surface area (Å²) in [4.78, 5) is 22.6. The van der Waals surface area contributed by atoms with Crippen LogP contribution in [0.15, 0.2) is 77.8 Å². The molecule has 0 atom stereocenters. The maximum atomic E-state index is 14.3. The number of anilines is 2. The number of benzene rings is 3. The number of fused-ring (bicyclic) bond motifs is 1. The summed E-state index contributed by atoms with van der Waals surface area (Å²) in [5, 5.41) is 10.8. The van der Waals surface area contributed by atoms with Crippen LogP contribution in [0.4, 0.5) is 20.3 Å². The molecule has 0 aliphatic carbocycles. The van der Waals surface area contributed by atoms with E-state index in [-0.39, 0.29) is 28.9 Å². The molecule has 1 fully saturated rings. The van der Waals surface area contributed by atoms with Crippen LogP contribution in [0.25, 0.3) is 33.2 Å². The molecule has 3 N–H and O–H groups in total. The first-order valence-corrected chi connectivity index (χ1v) is 15.7. The fourth-order valence-electron chi connectivity index (χ4n) is 5.34. The van der Waals surface area contributed by atoms with Gasteiger partial charge in [-0.2, -0.15) is 5.26 Å². The molecule has 0 saturated carbocycles. The summed E-state index contributed by atoms with van der Waals surface area (Å²) >= 11 is 0. The molecule has 238 valence electrons. The van der Waals surface area contributed by atoms with Crippen molar-refractivity contribution in [3.63, 3.8) is 0 Å². The fraction of sp³-hybridized carbons (Fsp3) is 0.152. The maximum absolute atomic E-state index is 14.3. The van der Waals surface area contributed by atoms with Gasteiger partial charge in [0.25, 0.3) is 15.9 Å². The normalized spacial score (nSPS) is 13.3. The second kappa shape index (κ2) is 12.6. The van der Waals surface area contributed by atoms with Crippen LogP contribution in [0.2, 0.25) is 0 Å². The summed E-state index contributed by atoms with van der Waals surface area (Å²) < 4.78 is 66.6. The van der Waals surface area contributed by atoms with Crippen molar-refractivity contribution in [3.05, 3.63) is 95.7 Å². The number of nitrogen functional groups attached to an aromatic ring is 1. The molecule has 2 aromatic heterocycles. The molecule has 3 aromatic carbocycles. The minimum atomic E-state index is -4.50. The molecule has 0 bridgehead atoms. The van der Waals surface area contributed by atoms with Crippen LogP contribution in [-0.2, 0) is 14.8 Å². The minimum absolute atomic E-state index is 0.0920. The highest BCUT2D eigenvalue weighted by Crippen LogP contribution is 2.37. The smallest absolute Gasteiger partial charge is 0.264 e. The van der Waals surface area contributed by atoms with E-state index in [1.807, 2.05) is 0 Å². The number of methoxy groups -OCH3 is 1. The molecule has 0 unspecified atom stereocenters. The number of hydrogen-bond donors (Lipinski definition) is 2. The molecule has 0 radical (unpaired) electrons. The second-order valence-electron chi connectivity index (χ2n) is 10.5. The molecule has 1 aliphatic heterocycles. The number of rotatable bonds is 7. The number of pyridine rings is 2. The van der Waals surface area contributed by atoms with Crippen LogP contribution in [0, 0.1) is 23.0 Å². The van der Waals surface area contributed by atoms with E-state index in [0.717, 1.165) is 12.1 Å². The summed E-state index contributed by atoms with van der Waals surface area (Å²) in [7, 11) is -3.21. The maximum Gasteiger partial charge on any atom is 0.264 e. The Balaban J connectivity index is 1.37. The molecule has 3 heterocycles. The van der Waals surface area contributed by atoms with Gasteiger partial charge in [-0.05, 0) is 53.6 Å². The predicted octanol–water partition coefficient (Wildman–Crippen LogP) is 4.98. The number of halogens is 2. The van der Waals surface area contributed by atoms with Gasteiger partial charge in [-0.25, -0.2) is 27.2 Å². The Morgan fingerprint density at radius 3 is 2.43 bits per heavy atom. The molecule has 1 amide bonds. The molecule has 5 aromatic rings. The van der Waals surface area contributed by atoms with E-state index in [4.69, 9.17) is 15.2 Å². The Morgan fingerprint density at radius 2 is 1.74 bits per heavy atom. The Bertz CT molecular complexity index is 2180. The average Bonchev–Trinajstić information content (AvgIpc) is 3.07. The monoisotopic (exact) mass is 656 g/mol. The first-order chi connectivity index (χ1) is 22.6. The van der Waals surface area contributed by atoms with Crippen molar-refractivity contribution < 1.29 is 31.5 Å². The number of carbonyl (C=O) groups excluding carboxylic acids is 1. The molecule has 6 rings (SSSR count). The van der Waals surface area contributed by atoms with Crippen LogP contribution < -0.4 is 15.2 Å². The van der Waals surface area contributed by atoms with E-state index in [0.29, 0.717) is 71.1 Å². The van der Waals surface area contributed by atoms with Gasteiger partial charge in [-0.15, -0.1) is 0 Å². The zero-order valence-corrected chi connectivity index (χ0v) is 25.6. The van der Waals surface area contributed by atoms with Crippen molar-refractivity contribution in [1.29, 1.82) is 5.26 Å². The number of nitrogens with one attached hydrogen (secondary N) is 1. The first-order valence-electron chi connectivity index (χ1n) is 14.2. The molecular formula is C33H26F2N6O5S. The summed E-state index contributed by atoms with van der Waals surface area (Å²) in [6.45, 7) is 1.98. The minimum Gasteiger partial charge on any atom is -0.480 e. The Kier molecular flexibility index (Phi) is 8.42. The van der Waals surface area contributed by atoms with E-state index in [1.165, 1.54) is 19.4 Å². The van der Waals surface area contributed by atoms with Crippen LogP contribution in [0.3, 0.4) is 0 Å². The third kappa shape index (κ3) is 6.14. The van der Waals surface area contributed by atoms with Crippen molar-refractivity contribution in [3.8, 4) is 34.2 Å². The topological polar surface area (TPSA) is 161 Å². The quantitative estimate of drug-likeness (QED) is 0.246. The number of carbonyl (C=O) groups is 1. The number of nitriles is 1. The summed E-state index contributed by atoms with van der Waals surface area (Å²) in [5.41, 5.74) is 9.39. The Morgan fingerprint density at radius 1 is 1.02 bits per heavy atom. The second-order valence-corrected chi connectivity index (χ2v) is 12.2. The van der Waals surface area contributed by atoms with Gasteiger partial charge in [-0.1, -0.05) is 18.2 Å². The fourth-order valence-corrected chi connectivity index (χ4v) is 6.45. The summed E-state index contributed by atoms with van der Waals surface area (Å²) in [5.74, 6) is -2.27. The number of sulfonamides is 1. The van der Waals surface area contributed by atoms with Crippen LogP contribution in [0.1, 0.15) is 15.9 Å². The molecule has 1 aliphatic rings. The highest BCUT2D eigenvalue weighted by Gasteiger charge is 2.23. The SMILES string of the molecule is COc1ncc(-c2ccc3nc(N)c(-c4ccc(C(=O)N5CCOCC5)cc4)c(C#N)c3c2)cc1NS(=O)(=O)c1ccc(F)cc1F. The lowest BCUT2D eigenvalue weighted by atomic mass is 9.94. The standard InChI is InChI=1S/C33H26F2N6O5S/c1-45-32-28(40-47(43,44)29-9-7-23(34)16-26(29)35)15-22(18-38-32)21-6-8-27-24(14-21)25(17-36)30(31(37)39-27)19-2-4-20(5-3-19)33(42)41-10-12-46-13-11-41/h2-9,14-16,18,40H,10-13H2,1H3,(H2,37,39). The van der Waals surface area contributed by atoms with E-state index in [1.54, 1.807) is 47.4 Å². The van der Waals surface area contributed by atoms with Crippen molar-refractivity contribution >= 4 is 38.3 Å². The molecule has 11 nitrogen and oxygen atoms in total. The molecule has 47 heavy (non-hydrogen) atoms. The molecule has 1 saturated heterocycles. The summed E-state index contributed by atoms with van der Waals surface area (Å²) in [6.07, 6.45) is 1.44. The zero-order chi connectivity index (χ0) is 33.3. The van der Waals surface area contributed by atoms with Gasteiger partial charge in [0, 0.05) is 47.4 Å². The highest BCUT2D eigenvalue weighted by molar-refractivity contribution is 7.92. The number of nitrogens with zero attached hydrogens (tertiary/aromatic N) is 4. The highest BCUT2D eigenvalue weighted by atomic mass is 32.2. The van der Waals surface area contributed by atoms with Crippen LogP contribution >= 0.6 is 0 Å². The van der Waals surface area contributed by atoms with Gasteiger partial charge in [0.2, 0.25) is 5.88 Å². The molecule has 0 spiro atoms. The van der Waals surface area contributed by atoms with Crippen LogP contribution in [0.5, 0.6) is 5.88 Å². The van der Waals surface area contributed by atoms with Crippen molar-refractivity contribution in [1.82, 2.24) is 14.9 Å². The van der Waals surface area contributed by atoms with Crippen LogP contribution in [-0.4, -0.2) is 62.6 Å².